The lowest BCUT2D eigenvalue weighted by Crippen LogP contribution is -2.24. The van der Waals surface area contributed by atoms with E-state index in [0.717, 1.165) is 17.4 Å². The third-order valence-electron chi connectivity index (χ3n) is 4.81. The fourth-order valence-electron chi connectivity index (χ4n) is 3.13. The summed E-state index contributed by atoms with van der Waals surface area (Å²) in [5.74, 6) is -1.11. The maximum absolute atomic E-state index is 13.8. The normalized spacial score (nSPS) is 13.0. The van der Waals surface area contributed by atoms with Gasteiger partial charge in [-0.2, -0.15) is 0 Å². The van der Waals surface area contributed by atoms with E-state index in [1.807, 2.05) is 34.3 Å². The fraction of sp³-hybridized carbons (Fsp3) is 0.0870. The van der Waals surface area contributed by atoms with E-state index < -0.39 is 11.6 Å². The smallest absolute Gasteiger partial charge is 0.254 e. The summed E-state index contributed by atoms with van der Waals surface area (Å²) in [5.41, 5.74) is 1.94. The topological polar surface area (TPSA) is 37.7 Å². The molecule has 0 unspecified atom stereocenters. The number of anilines is 2. The van der Waals surface area contributed by atoms with Crippen molar-refractivity contribution in [3.8, 4) is 5.75 Å². The molecule has 8 heteroatoms. The summed E-state index contributed by atoms with van der Waals surface area (Å²) in [6.45, 7) is 3.95. The van der Waals surface area contributed by atoms with Gasteiger partial charge in [-0.25, -0.2) is 8.78 Å². The first-order chi connectivity index (χ1) is 14.9. The first kappa shape index (κ1) is 20.7. The Morgan fingerprint density at radius 3 is 2.58 bits per heavy atom. The van der Waals surface area contributed by atoms with Crippen LogP contribution >= 0.6 is 11.6 Å². The van der Waals surface area contributed by atoms with Gasteiger partial charge in [-0.3, -0.25) is 9.36 Å². The van der Waals surface area contributed by atoms with Gasteiger partial charge in [0.15, 0.2) is 0 Å². The molecule has 0 saturated heterocycles. The zero-order chi connectivity index (χ0) is 22.0. The van der Waals surface area contributed by atoms with Crippen molar-refractivity contribution in [2.24, 2.45) is 0 Å². The minimum atomic E-state index is -0.668. The molecule has 1 aliphatic rings. The second kappa shape index (κ2) is 8.65. The van der Waals surface area contributed by atoms with E-state index in [-0.39, 0.29) is 18.1 Å². The number of allylic oxidation sites excluding steroid dienone is 1. The molecule has 5 nitrogen and oxygen atoms in total. The summed E-state index contributed by atoms with van der Waals surface area (Å²) in [5, 5.41) is 0.370. The van der Waals surface area contributed by atoms with Crippen molar-refractivity contribution in [1.82, 2.24) is 4.57 Å². The lowest BCUT2D eigenvalue weighted by atomic mass is 10.2. The van der Waals surface area contributed by atoms with Crippen LogP contribution in [0.3, 0.4) is 0 Å². The lowest BCUT2D eigenvalue weighted by molar-refractivity contribution is 0.0969. The van der Waals surface area contributed by atoms with Gasteiger partial charge in [0.25, 0.3) is 5.91 Å². The first-order valence-corrected chi connectivity index (χ1v) is 9.75. The molecule has 0 N–H and O–H groups in total. The number of rotatable bonds is 6. The molecule has 31 heavy (non-hydrogen) atoms. The highest BCUT2D eigenvalue weighted by molar-refractivity contribution is 6.32. The number of halogens is 3. The zero-order valence-corrected chi connectivity index (χ0v) is 17.1. The molecule has 1 aliphatic heterocycles. The molecule has 2 heterocycles. The SMILES string of the molecule is C=CC(=O)n1ccc(N2C=CN(c3ccc(OCc4ccc(F)cc4F)c(Cl)c3)C2)c1. The minimum absolute atomic E-state index is 0.0665. The Morgan fingerprint density at radius 1 is 1.10 bits per heavy atom. The summed E-state index contributed by atoms with van der Waals surface area (Å²) in [6.07, 6.45) is 8.46. The predicted octanol–water partition coefficient (Wildman–Crippen LogP) is 5.58. The van der Waals surface area contributed by atoms with Gasteiger partial charge in [0.05, 0.1) is 17.4 Å². The average Bonchev–Trinajstić information content (AvgIpc) is 3.43. The monoisotopic (exact) mass is 441 g/mol. The molecule has 0 fully saturated rings. The van der Waals surface area contributed by atoms with Crippen LogP contribution in [-0.4, -0.2) is 17.1 Å². The van der Waals surface area contributed by atoms with Crippen LogP contribution in [0.25, 0.3) is 0 Å². The average molecular weight is 442 g/mol. The number of benzene rings is 2. The molecule has 0 aliphatic carbocycles. The van der Waals surface area contributed by atoms with Crippen LogP contribution in [0, 0.1) is 11.6 Å². The highest BCUT2D eigenvalue weighted by Gasteiger charge is 2.18. The Labute approximate surface area is 183 Å². The molecule has 0 spiro atoms. The van der Waals surface area contributed by atoms with Gasteiger partial charge in [0.1, 0.15) is 24.0 Å². The van der Waals surface area contributed by atoms with E-state index in [0.29, 0.717) is 17.4 Å². The van der Waals surface area contributed by atoms with Gasteiger partial charge in [0, 0.05) is 42.1 Å². The number of hydrogen-bond donors (Lipinski definition) is 0. The number of ether oxygens (including phenoxy) is 1. The number of aromatic nitrogens is 1. The maximum Gasteiger partial charge on any atom is 0.254 e. The van der Waals surface area contributed by atoms with Crippen LogP contribution in [0.1, 0.15) is 10.4 Å². The third-order valence-corrected chi connectivity index (χ3v) is 5.11. The van der Waals surface area contributed by atoms with Crippen LogP contribution in [0.4, 0.5) is 20.2 Å². The molecular weight excluding hydrogens is 424 g/mol. The Morgan fingerprint density at radius 2 is 1.87 bits per heavy atom. The quantitative estimate of drug-likeness (QED) is 0.468. The van der Waals surface area contributed by atoms with E-state index in [9.17, 15) is 13.6 Å². The molecule has 0 amide bonds. The summed E-state index contributed by atoms with van der Waals surface area (Å²) in [6, 6.07) is 10.5. The van der Waals surface area contributed by atoms with Crippen LogP contribution < -0.4 is 14.5 Å². The fourth-order valence-corrected chi connectivity index (χ4v) is 3.36. The molecule has 1 aromatic heterocycles. The highest BCUT2D eigenvalue weighted by atomic mass is 35.5. The molecule has 3 aromatic rings. The Kier molecular flexibility index (Phi) is 5.77. The predicted molar refractivity (Wildman–Crippen MR) is 116 cm³/mol. The van der Waals surface area contributed by atoms with Crippen molar-refractivity contribution in [2.75, 3.05) is 16.5 Å². The second-order valence-electron chi connectivity index (χ2n) is 6.84. The molecule has 158 valence electrons. The second-order valence-corrected chi connectivity index (χ2v) is 7.24. The van der Waals surface area contributed by atoms with Gasteiger partial charge in [0.2, 0.25) is 0 Å². The van der Waals surface area contributed by atoms with Crippen molar-refractivity contribution in [2.45, 2.75) is 6.61 Å². The number of carbonyl (C=O) groups excluding carboxylic acids is 1. The summed E-state index contributed by atoms with van der Waals surface area (Å²) in [4.78, 5) is 15.7. The largest absolute Gasteiger partial charge is 0.487 e. The minimum Gasteiger partial charge on any atom is -0.487 e. The summed E-state index contributed by atoms with van der Waals surface area (Å²) < 4.78 is 33.9. The number of nitrogens with zero attached hydrogens (tertiary/aromatic N) is 3. The maximum atomic E-state index is 13.8. The third kappa shape index (κ3) is 4.46. The van der Waals surface area contributed by atoms with Crippen molar-refractivity contribution < 1.29 is 18.3 Å². The number of hydrogen-bond acceptors (Lipinski definition) is 4. The van der Waals surface area contributed by atoms with Crippen molar-refractivity contribution in [3.63, 3.8) is 0 Å². The van der Waals surface area contributed by atoms with Gasteiger partial charge in [-0.15, -0.1) is 0 Å². The van der Waals surface area contributed by atoms with Gasteiger partial charge >= 0.3 is 0 Å². The number of carbonyl (C=O) groups is 1. The van der Waals surface area contributed by atoms with E-state index in [1.54, 1.807) is 24.5 Å². The van der Waals surface area contributed by atoms with Gasteiger partial charge < -0.3 is 14.5 Å². The Bertz CT molecular complexity index is 1180. The summed E-state index contributed by atoms with van der Waals surface area (Å²) in [7, 11) is 0. The van der Waals surface area contributed by atoms with Crippen molar-refractivity contribution in [1.29, 1.82) is 0 Å². The van der Waals surface area contributed by atoms with E-state index in [4.69, 9.17) is 16.3 Å². The first-order valence-electron chi connectivity index (χ1n) is 9.37. The molecule has 0 saturated carbocycles. The van der Waals surface area contributed by atoms with Crippen LogP contribution in [0.15, 0.2) is 79.9 Å². The Hall–Kier alpha value is -3.58. The molecular formula is C23H18ClF2N3O2. The lowest BCUT2D eigenvalue weighted by Gasteiger charge is -2.21. The van der Waals surface area contributed by atoms with Crippen LogP contribution in [-0.2, 0) is 6.61 Å². The van der Waals surface area contributed by atoms with E-state index in [2.05, 4.69) is 6.58 Å². The molecule has 0 radical (unpaired) electrons. The van der Waals surface area contributed by atoms with Crippen LogP contribution in [0.5, 0.6) is 5.75 Å². The van der Waals surface area contributed by atoms with E-state index >= 15 is 0 Å². The van der Waals surface area contributed by atoms with Crippen molar-refractivity contribution >= 4 is 28.9 Å². The van der Waals surface area contributed by atoms with E-state index in [1.165, 1.54) is 22.8 Å². The molecule has 2 aromatic carbocycles. The van der Waals surface area contributed by atoms with Gasteiger partial charge in [-0.05, 0) is 42.5 Å². The van der Waals surface area contributed by atoms with Crippen molar-refractivity contribution in [3.05, 3.63) is 102 Å². The molecule has 4 rings (SSSR count). The molecule has 0 bridgehead atoms. The zero-order valence-electron chi connectivity index (χ0n) is 16.3. The van der Waals surface area contributed by atoms with Crippen LogP contribution in [0.2, 0.25) is 5.02 Å². The summed E-state index contributed by atoms with van der Waals surface area (Å²) >= 11 is 6.35. The standard InChI is InChI=1S/C23H18ClF2N3O2/c1-2-23(30)27-8-7-19(13-27)29-10-9-28(15-29)18-5-6-22(20(24)12-18)31-14-16-3-4-17(25)11-21(16)26/h2-13H,1,14-15H2. The molecule has 0 atom stereocenters. The van der Waals surface area contributed by atoms with Gasteiger partial charge in [-0.1, -0.05) is 18.2 Å². The Balaban J connectivity index is 1.41. The highest BCUT2D eigenvalue weighted by Crippen LogP contribution is 2.32.